The summed E-state index contributed by atoms with van der Waals surface area (Å²) in [6.45, 7) is 2.07. The maximum absolute atomic E-state index is 13.1. The number of carbonyl (C=O) groups excluding carboxylic acids is 2. The molecule has 1 atom stereocenters. The lowest BCUT2D eigenvalue weighted by Gasteiger charge is -2.29. The third kappa shape index (κ3) is 6.74. The molecule has 0 saturated carbocycles. The van der Waals surface area contributed by atoms with E-state index in [4.69, 9.17) is 27.9 Å². The van der Waals surface area contributed by atoms with Crippen LogP contribution in [0.2, 0.25) is 10.0 Å². The summed E-state index contributed by atoms with van der Waals surface area (Å²) in [5, 5.41) is 3.91. The fraction of sp³-hybridized carbons (Fsp3) is 0.200. The van der Waals surface area contributed by atoms with E-state index in [1.807, 2.05) is 42.5 Å². The number of ether oxygens (including phenoxy) is 1. The van der Waals surface area contributed by atoms with E-state index in [1.54, 1.807) is 43.3 Å². The Labute approximate surface area is 197 Å². The van der Waals surface area contributed by atoms with Crippen LogP contribution in [0.25, 0.3) is 0 Å². The number of benzene rings is 3. The second kappa shape index (κ2) is 11.6. The summed E-state index contributed by atoms with van der Waals surface area (Å²) < 4.78 is 5.62. The van der Waals surface area contributed by atoms with Gasteiger partial charge in [0.2, 0.25) is 5.91 Å². The molecule has 2 amide bonds. The average molecular weight is 471 g/mol. The van der Waals surface area contributed by atoms with Crippen LogP contribution in [-0.2, 0) is 22.7 Å². The molecule has 3 rings (SSSR count). The van der Waals surface area contributed by atoms with Crippen molar-refractivity contribution in [2.24, 2.45) is 0 Å². The molecule has 5 nitrogen and oxygen atoms in total. The van der Waals surface area contributed by atoms with Crippen LogP contribution in [0.15, 0.2) is 78.9 Å². The highest BCUT2D eigenvalue weighted by Gasteiger charge is 2.26. The Bertz CT molecular complexity index is 1040. The number of hydrogen-bond donors (Lipinski definition) is 1. The normalized spacial score (nSPS) is 11.5. The minimum absolute atomic E-state index is 0.238. The molecule has 0 bridgehead atoms. The Morgan fingerprint density at radius 2 is 1.56 bits per heavy atom. The second-order valence-electron chi connectivity index (χ2n) is 7.25. The van der Waals surface area contributed by atoms with Gasteiger partial charge in [-0.3, -0.25) is 9.59 Å². The van der Waals surface area contributed by atoms with Gasteiger partial charge in [0.05, 0.1) is 5.02 Å². The van der Waals surface area contributed by atoms with E-state index < -0.39 is 6.04 Å². The molecule has 0 saturated heterocycles. The lowest BCUT2D eigenvalue weighted by molar-refractivity contribution is -0.142. The number of nitrogens with one attached hydrogen (secondary N) is 1. The monoisotopic (exact) mass is 470 g/mol. The molecule has 0 fully saturated rings. The SMILES string of the molecule is CC(C(=O)NCc1ccccc1)N(Cc1ccc(Cl)cc1)C(=O)COc1ccccc1Cl. The van der Waals surface area contributed by atoms with Crippen molar-refractivity contribution in [3.05, 3.63) is 100 Å². The Kier molecular flexibility index (Phi) is 8.54. The summed E-state index contributed by atoms with van der Waals surface area (Å²) in [5.74, 6) is -0.175. The maximum atomic E-state index is 13.1. The number of nitrogens with zero attached hydrogens (tertiary/aromatic N) is 1. The van der Waals surface area contributed by atoms with Crippen LogP contribution in [0.3, 0.4) is 0 Å². The molecule has 0 heterocycles. The van der Waals surface area contributed by atoms with Crippen LogP contribution >= 0.6 is 23.2 Å². The zero-order valence-corrected chi connectivity index (χ0v) is 19.1. The van der Waals surface area contributed by atoms with Crippen LogP contribution in [-0.4, -0.2) is 29.4 Å². The van der Waals surface area contributed by atoms with Gasteiger partial charge in [0.1, 0.15) is 11.8 Å². The summed E-state index contributed by atoms with van der Waals surface area (Å²) in [7, 11) is 0. The third-order valence-corrected chi connectivity index (χ3v) is 5.50. The number of para-hydroxylation sites is 1. The minimum atomic E-state index is -0.711. The number of halogens is 2. The van der Waals surface area contributed by atoms with Gasteiger partial charge in [0, 0.05) is 18.1 Å². The van der Waals surface area contributed by atoms with Gasteiger partial charge in [0.15, 0.2) is 6.61 Å². The van der Waals surface area contributed by atoms with E-state index in [1.165, 1.54) is 4.90 Å². The highest BCUT2D eigenvalue weighted by atomic mass is 35.5. The molecular weight excluding hydrogens is 447 g/mol. The highest BCUT2D eigenvalue weighted by Crippen LogP contribution is 2.23. The first-order valence-electron chi connectivity index (χ1n) is 10.2. The molecule has 0 spiro atoms. The molecule has 166 valence electrons. The second-order valence-corrected chi connectivity index (χ2v) is 8.09. The van der Waals surface area contributed by atoms with Crippen molar-refractivity contribution in [3.8, 4) is 5.75 Å². The number of rotatable bonds is 9. The molecule has 1 unspecified atom stereocenters. The highest BCUT2D eigenvalue weighted by molar-refractivity contribution is 6.32. The van der Waals surface area contributed by atoms with E-state index in [0.29, 0.717) is 22.3 Å². The summed E-state index contributed by atoms with van der Waals surface area (Å²) in [4.78, 5) is 27.4. The Balaban J connectivity index is 1.71. The van der Waals surface area contributed by atoms with Gasteiger partial charge < -0.3 is 15.0 Å². The van der Waals surface area contributed by atoms with E-state index in [0.717, 1.165) is 11.1 Å². The van der Waals surface area contributed by atoms with Crippen molar-refractivity contribution in [2.45, 2.75) is 26.1 Å². The van der Waals surface area contributed by atoms with Crippen LogP contribution in [0, 0.1) is 0 Å². The van der Waals surface area contributed by atoms with Crippen molar-refractivity contribution in [1.82, 2.24) is 10.2 Å². The molecule has 3 aromatic rings. The van der Waals surface area contributed by atoms with E-state index in [9.17, 15) is 9.59 Å². The number of amides is 2. The van der Waals surface area contributed by atoms with Gasteiger partial charge in [-0.1, -0.05) is 77.8 Å². The third-order valence-electron chi connectivity index (χ3n) is 4.93. The average Bonchev–Trinajstić information content (AvgIpc) is 2.81. The molecular formula is C25H24Cl2N2O3. The maximum Gasteiger partial charge on any atom is 0.261 e. The predicted octanol–water partition coefficient (Wildman–Crippen LogP) is 5.11. The molecule has 32 heavy (non-hydrogen) atoms. The molecule has 0 aromatic heterocycles. The van der Waals surface area contributed by atoms with Crippen molar-refractivity contribution in [3.63, 3.8) is 0 Å². The quantitative estimate of drug-likeness (QED) is 0.472. The van der Waals surface area contributed by atoms with Gasteiger partial charge in [-0.15, -0.1) is 0 Å². The Hall–Kier alpha value is -3.02. The van der Waals surface area contributed by atoms with Crippen LogP contribution < -0.4 is 10.1 Å². The molecule has 0 aliphatic heterocycles. The molecule has 7 heteroatoms. The Morgan fingerprint density at radius 3 is 2.25 bits per heavy atom. The van der Waals surface area contributed by atoms with Gasteiger partial charge in [-0.05, 0) is 42.3 Å². The Morgan fingerprint density at radius 1 is 0.906 bits per heavy atom. The zero-order chi connectivity index (χ0) is 22.9. The first-order valence-corrected chi connectivity index (χ1v) is 10.9. The van der Waals surface area contributed by atoms with Crippen molar-refractivity contribution in [1.29, 1.82) is 0 Å². The van der Waals surface area contributed by atoms with Crippen LogP contribution in [0.1, 0.15) is 18.1 Å². The lowest BCUT2D eigenvalue weighted by Crippen LogP contribution is -2.48. The first kappa shape index (κ1) is 23.6. The summed E-state index contributed by atoms with van der Waals surface area (Å²) in [6, 6.07) is 23.0. The van der Waals surface area contributed by atoms with Gasteiger partial charge in [-0.25, -0.2) is 0 Å². The smallest absolute Gasteiger partial charge is 0.261 e. The van der Waals surface area contributed by atoms with Gasteiger partial charge in [0.25, 0.3) is 5.91 Å². The fourth-order valence-corrected chi connectivity index (χ4v) is 3.40. The molecule has 0 aliphatic carbocycles. The summed E-state index contributed by atoms with van der Waals surface area (Å²) in [6.07, 6.45) is 0. The largest absolute Gasteiger partial charge is 0.482 e. The van der Waals surface area contributed by atoms with E-state index >= 15 is 0 Å². The fourth-order valence-electron chi connectivity index (χ4n) is 3.09. The topological polar surface area (TPSA) is 58.6 Å². The number of carbonyl (C=O) groups is 2. The molecule has 1 N–H and O–H groups in total. The zero-order valence-electron chi connectivity index (χ0n) is 17.6. The summed E-state index contributed by atoms with van der Waals surface area (Å²) >= 11 is 12.1. The molecule has 0 aliphatic rings. The standard InChI is InChI=1S/C25H24Cl2N2O3/c1-18(25(31)28-15-19-7-3-2-4-8-19)29(16-20-11-13-21(26)14-12-20)24(30)17-32-23-10-6-5-9-22(23)27/h2-14,18H,15-17H2,1H3,(H,28,31). The minimum Gasteiger partial charge on any atom is -0.482 e. The van der Waals surface area contributed by atoms with Crippen molar-refractivity contribution >= 4 is 35.0 Å². The van der Waals surface area contributed by atoms with Crippen LogP contribution in [0.5, 0.6) is 5.75 Å². The van der Waals surface area contributed by atoms with Gasteiger partial charge >= 0.3 is 0 Å². The predicted molar refractivity (Wildman–Crippen MR) is 127 cm³/mol. The van der Waals surface area contributed by atoms with Crippen molar-refractivity contribution in [2.75, 3.05) is 6.61 Å². The number of hydrogen-bond acceptors (Lipinski definition) is 3. The lowest BCUT2D eigenvalue weighted by atomic mass is 10.1. The molecule has 3 aromatic carbocycles. The summed E-state index contributed by atoms with van der Waals surface area (Å²) in [5.41, 5.74) is 1.83. The first-order chi connectivity index (χ1) is 15.4. The van der Waals surface area contributed by atoms with Crippen molar-refractivity contribution < 1.29 is 14.3 Å². The van der Waals surface area contributed by atoms with Crippen LogP contribution in [0.4, 0.5) is 0 Å². The van der Waals surface area contributed by atoms with Gasteiger partial charge in [-0.2, -0.15) is 0 Å². The molecule has 0 radical (unpaired) electrons. The van der Waals surface area contributed by atoms with E-state index in [-0.39, 0.29) is 25.0 Å². The van der Waals surface area contributed by atoms with E-state index in [2.05, 4.69) is 5.32 Å².